The predicted molar refractivity (Wildman–Crippen MR) is 62.2 cm³/mol. The number of carboxylic acids is 1. The average Bonchev–Trinajstić information content (AvgIpc) is 2.79. The molecule has 3 nitrogen and oxygen atoms in total. The third-order valence-electron chi connectivity index (χ3n) is 3.18. The zero-order valence-electron chi connectivity index (χ0n) is 9.60. The van der Waals surface area contributed by atoms with Crippen LogP contribution in [-0.4, -0.2) is 29.1 Å². The number of rotatable bonds is 4. The van der Waals surface area contributed by atoms with Crippen molar-refractivity contribution < 1.29 is 14.3 Å². The van der Waals surface area contributed by atoms with Crippen molar-refractivity contribution in [3.8, 4) is 0 Å². The summed E-state index contributed by atoms with van der Waals surface area (Å²) in [5, 5.41) is 8.95. The summed E-state index contributed by atoms with van der Waals surface area (Å²) >= 11 is 0. The molecule has 2 rings (SSSR count). The van der Waals surface area contributed by atoms with Crippen molar-refractivity contribution >= 4 is 5.97 Å². The Kier molecular flexibility index (Phi) is 3.74. The van der Waals surface area contributed by atoms with Crippen LogP contribution in [-0.2, 0) is 4.79 Å². The highest BCUT2D eigenvalue weighted by atomic mass is 19.1. The molecule has 0 saturated carbocycles. The summed E-state index contributed by atoms with van der Waals surface area (Å²) in [7, 11) is 0. The van der Waals surface area contributed by atoms with Gasteiger partial charge >= 0.3 is 5.97 Å². The monoisotopic (exact) mass is 237 g/mol. The summed E-state index contributed by atoms with van der Waals surface area (Å²) in [5.41, 5.74) is 0.759. The molecule has 92 valence electrons. The van der Waals surface area contributed by atoms with Crippen LogP contribution in [0.2, 0.25) is 0 Å². The fourth-order valence-electron chi connectivity index (χ4n) is 2.39. The summed E-state index contributed by atoms with van der Waals surface area (Å²) in [6, 6.07) is 6.05. The Morgan fingerprint density at radius 3 is 2.71 bits per heavy atom. The van der Waals surface area contributed by atoms with E-state index in [1.807, 2.05) is 0 Å². The van der Waals surface area contributed by atoms with Crippen molar-refractivity contribution in [3.63, 3.8) is 0 Å². The molecule has 0 aliphatic carbocycles. The van der Waals surface area contributed by atoms with E-state index in [0.717, 1.165) is 31.5 Å². The molecule has 1 N–H and O–H groups in total. The van der Waals surface area contributed by atoms with Crippen LogP contribution in [0.5, 0.6) is 0 Å². The predicted octanol–water partition coefficient (Wildman–Crippen LogP) is 2.44. The van der Waals surface area contributed by atoms with Gasteiger partial charge in [-0.2, -0.15) is 0 Å². The molecule has 0 bridgehead atoms. The highest BCUT2D eigenvalue weighted by Gasteiger charge is 2.25. The molecule has 1 saturated heterocycles. The summed E-state index contributed by atoms with van der Waals surface area (Å²) in [5.74, 6) is -1.15. The van der Waals surface area contributed by atoms with Gasteiger partial charge < -0.3 is 5.11 Å². The molecule has 1 aromatic carbocycles. The highest BCUT2D eigenvalue weighted by Crippen LogP contribution is 2.28. The lowest BCUT2D eigenvalue weighted by atomic mass is 10.0. The Morgan fingerprint density at radius 1 is 1.41 bits per heavy atom. The van der Waals surface area contributed by atoms with E-state index in [-0.39, 0.29) is 18.3 Å². The Balaban J connectivity index is 2.22. The van der Waals surface area contributed by atoms with Gasteiger partial charge in [0.15, 0.2) is 0 Å². The number of carboxylic acid groups (broad SMARTS) is 1. The molecule has 17 heavy (non-hydrogen) atoms. The first-order chi connectivity index (χ1) is 8.16. The largest absolute Gasteiger partial charge is 0.481 e. The van der Waals surface area contributed by atoms with Crippen LogP contribution in [0.4, 0.5) is 4.39 Å². The van der Waals surface area contributed by atoms with Gasteiger partial charge in [-0.3, -0.25) is 9.69 Å². The Hall–Kier alpha value is -1.42. The molecule has 1 unspecified atom stereocenters. The van der Waals surface area contributed by atoms with Crippen molar-refractivity contribution in [2.24, 2.45) is 0 Å². The highest BCUT2D eigenvalue weighted by molar-refractivity contribution is 5.68. The zero-order chi connectivity index (χ0) is 12.3. The molecule has 1 heterocycles. The van der Waals surface area contributed by atoms with Gasteiger partial charge in [-0.1, -0.05) is 12.1 Å². The molecule has 0 spiro atoms. The maximum absolute atomic E-state index is 13.2. The number of hydrogen-bond donors (Lipinski definition) is 1. The van der Waals surface area contributed by atoms with Crippen LogP contribution < -0.4 is 0 Å². The molecular formula is C13H16FNO2. The molecule has 1 aliphatic heterocycles. The molecule has 0 radical (unpaired) electrons. The number of nitrogens with zero attached hydrogens (tertiary/aromatic N) is 1. The molecule has 4 heteroatoms. The number of aliphatic carboxylic acids is 1. The minimum absolute atomic E-state index is 0.0312. The first-order valence-electron chi connectivity index (χ1n) is 5.88. The van der Waals surface area contributed by atoms with Crippen molar-refractivity contribution in [2.75, 3.05) is 13.1 Å². The number of benzene rings is 1. The van der Waals surface area contributed by atoms with E-state index < -0.39 is 5.97 Å². The van der Waals surface area contributed by atoms with E-state index in [2.05, 4.69) is 4.90 Å². The van der Waals surface area contributed by atoms with Gasteiger partial charge in [0.1, 0.15) is 5.82 Å². The van der Waals surface area contributed by atoms with Gasteiger partial charge in [-0.25, -0.2) is 4.39 Å². The van der Waals surface area contributed by atoms with Crippen molar-refractivity contribution in [2.45, 2.75) is 25.3 Å². The van der Waals surface area contributed by atoms with E-state index >= 15 is 0 Å². The fourth-order valence-corrected chi connectivity index (χ4v) is 2.39. The van der Waals surface area contributed by atoms with Crippen LogP contribution in [0.1, 0.15) is 30.9 Å². The SMILES string of the molecule is O=C(O)CC(c1cccc(F)c1)N1CCCC1. The Bertz CT molecular complexity index is 402. The Labute approximate surface area is 99.9 Å². The van der Waals surface area contributed by atoms with Gasteiger partial charge in [0.2, 0.25) is 0 Å². The van der Waals surface area contributed by atoms with E-state index in [4.69, 9.17) is 5.11 Å². The van der Waals surface area contributed by atoms with Crippen LogP contribution in [0.25, 0.3) is 0 Å². The second-order valence-corrected chi connectivity index (χ2v) is 4.41. The molecule has 1 aliphatic rings. The van der Waals surface area contributed by atoms with Crippen molar-refractivity contribution in [3.05, 3.63) is 35.6 Å². The third kappa shape index (κ3) is 3.03. The van der Waals surface area contributed by atoms with E-state index in [0.29, 0.717) is 0 Å². The summed E-state index contributed by atoms with van der Waals surface area (Å²) in [4.78, 5) is 13.0. The first kappa shape index (κ1) is 12.0. The second kappa shape index (κ2) is 5.27. The molecule has 1 atom stereocenters. The van der Waals surface area contributed by atoms with Crippen molar-refractivity contribution in [1.82, 2.24) is 4.90 Å². The minimum atomic E-state index is -0.842. The zero-order valence-corrected chi connectivity index (χ0v) is 9.60. The van der Waals surface area contributed by atoms with Crippen molar-refractivity contribution in [1.29, 1.82) is 0 Å². The molecule has 0 amide bonds. The fraction of sp³-hybridized carbons (Fsp3) is 0.462. The van der Waals surface area contributed by atoms with Crippen LogP contribution >= 0.6 is 0 Å². The first-order valence-corrected chi connectivity index (χ1v) is 5.88. The molecule has 1 fully saturated rings. The maximum Gasteiger partial charge on any atom is 0.305 e. The lowest BCUT2D eigenvalue weighted by Crippen LogP contribution is -2.27. The van der Waals surface area contributed by atoms with Gasteiger partial charge in [0, 0.05) is 6.04 Å². The Morgan fingerprint density at radius 2 is 2.12 bits per heavy atom. The van der Waals surface area contributed by atoms with Gasteiger partial charge in [-0.15, -0.1) is 0 Å². The van der Waals surface area contributed by atoms with E-state index in [1.54, 1.807) is 12.1 Å². The topological polar surface area (TPSA) is 40.5 Å². The normalized spacial score (nSPS) is 18.2. The lowest BCUT2D eigenvalue weighted by molar-refractivity contribution is -0.138. The van der Waals surface area contributed by atoms with Crippen LogP contribution in [0.3, 0.4) is 0 Å². The standard InChI is InChI=1S/C13H16FNO2/c14-11-5-3-4-10(8-11)12(9-13(16)17)15-6-1-2-7-15/h3-5,8,12H,1-2,6-7,9H2,(H,16,17). The number of hydrogen-bond acceptors (Lipinski definition) is 2. The van der Waals surface area contributed by atoms with Crippen LogP contribution in [0.15, 0.2) is 24.3 Å². The quantitative estimate of drug-likeness (QED) is 0.874. The lowest BCUT2D eigenvalue weighted by Gasteiger charge is -2.26. The average molecular weight is 237 g/mol. The smallest absolute Gasteiger partial charge is 0.305 e. The third-order valence-corrected chi connectivity index (χ3v) is 3.18. The number of likely N-dealkylation sites (tertiary alicyclic amines) is 1. The second-order valence-electron chi connectivity index (χ2n) is 4.41. The molecule has 0 aromatic heterocycles. The van der Waals surface area contributed by atoms with Gasteiger partial charge in [0.25, 0.3) is 0 Å². The summed E-state index contributed by atoms with van der Waals surface area (Å²) < 4.78 is 13.2. The van der Waals surface area contributed by atoms with Gasteiger partial charge in [0.05, 0.1) is 6.42 Å². The number of carbonyl (C=O) groups is 1. The molecular weight excluding hydrogens is 221 g/mol. The molecule has 1 aromatic rings. The van der Waals surface area contributed by atoms with E-state index in [9.17, 15) is 9.18 Å². The minimum Gasteiger partial charge on any atom is -0.481 e. The van der Waals surface area contributed by atoms with Gasteiger partial charge in [-0.05, 0) is 43.6 Å². The number of halogens is 1. The van der Waals surface area contributed by atoms with E-state index in [1.165, 1.54) is 12.1 Å². The maximum atomic E-state index is 13.2. The van der Waals surface area contributed by atoms with Crippen LogP contribution in [0, 0.1) is 5.82 Å². The summed E-state index contributed by atoms with van der Waals surface area (Å²) in [6.07, 6.45) is 2.21. The summed E-state index contributed by atoms with van der Waals surface area (Å²) in [6.45, 7) is 1.79.